The summed E-state index contributed by atoms with van der Waals surface area (Å²) in [7, 11) is -0.215. The number of hydrogen-bond acceptors (Lipinski definition) is 5. The molecule has 0 N–H and O–H groups in total. The van der Waals surface area contributed by atoms with Crippen molar-refractivity contribution in [2.45, 2.75) is 43.5 Å². The SMILES string of the molecule is CCN(CCCN1CCc2cc(OC)c(OC)c3c2C1CC3)S(=O)(=O)c1ccccc1Cl.Cl. The normalized spacial score (nSPS) is 17.5. The van der Waals surface area contributed by atoms with E-state index in [2.05, 4.69) is 11.0 Å². The van der Waals surface area contributed by atoms with Crippen LogP contribution >= 0.6 is 24.0 Å². The Morgan fingerprint density at radius 3 is 2.61 bits per heavy atom. The number of sulfonamides is 1. The highest BCUT2D eigenvalue weighted by Crippen LogP contribution is 2.48. The van der Waals surface area contributed by atoms with Crippen molar-refractivity contribution < 1.29 is 17.9 Å². The van der Waals surface area contributed by atoms with Crippen molar-refractivity contribution in [3.05, 3.63) is 52.0 Å². The number of methoxy groups -OCH3 is 2. The van der Waals surface area contributed by atoms with Crippen LogP contribution in [0.15, 0.2) is 35.2 Å². The summed E-state index contributed by atoms with van der Waals surface area (Å²) in [5.74, 6) is 1.68. The third kappa shape index (κ3) is 4.84. The van der Waals surface area contributed by atoms with E-state index >= 15 is 0 Å². The quantitative estimate of drug-likeness (QED) is 0.484. The lowest BCUT2D eigenvalue weighted by Gasteiger charge is -2.36. The molecule has 1 aliphatic heterocycles. The average molecular weight is 516 g/mol. The zero-order valence-corrected chi connectivity index (χ0v) is 21.7. The summed E-state index contributed by atoms with van der Waals surface area (Å²) in [4.78, 5) is 2.68. The Morgan fingerprint density at radius 2 is 1.94 bits per heavy atom. The molecule has 0 bridgehead atoms. The zero-order valence-electron chi connectivity index (χ0n) is 19.3. The van der Waals surface area contributed by atoms with Gasteiger partial charge in [0.2, 0.25) is 10.0 Å². The first-order valence-corrected chi connectivity index (χ1v) is 13.0. The number of benzene rings is 2. The Hall–Kier alpha value is -1.51. The third-order valence-corrected chi connectivity index (χ3v) is 9.14. The van der Waals surface area contributed by atoms with E-state index in [4.69, 9.17) is 21.1 Å². The van der Waals surface area contributed by atoms with Gasteiger partial charge in [-0.15, -0.1) is 12.4 Å². The molecule has 4 rings (SSSR count). The van der Waals surface area contributed by atoms with Crippen LogP contribution in [-0.2, 0) is 22.9 Å². The van der Waals surface area contributed by atoms with Gasteiger partial charge in [0.1, 0.15) is 4.90 Å². The number of nitrogens with zero attached hydrogens (tertiary/aromatic N) is 2. The summed E-state index contributed by atoms with van der Waals surface area (Å²) in [6, 6.07) is 9.13. The molecule has 1 unspecified atom stereocenters. The Balaban J connectivity index is 0.00000306. The number of hydrogen-bond donors (Lipinski definition) is 0. The van der Waals surface area contributed by atoms with Gasteiger partial charge in [0.05, 0.1) is 19.2 Å². The first-order valence-electron chi connectivity index (χ1n) is 11.2. The fourth-order valence-electron chi connectivity index (χ4n) is 5.18. The maximum atomic E-state index is 13.1. The molecule has 33 heavy (non-hydrogen) atoms. The Kier molecular flexibility index (Phi) is 8.56. The molecule has 2 aromatic carbocycles. The van der Waals surface area contributed by atoms with Gasteiger partial charge in [-0.1, -0.05) is 30.7 Å². The average Bonchev–Trinajstić information content (AvgIpc) is 3.24. The molecular weight excluding hydrogens is 483 g/mol. The van der Waals surface area contributed by atoms with Gasteiger partial charge in [-0.25, -0.2) is 8.42 Å². The molecule has 182 valence electrons. The molecule has 2 aromatic rings. The highest BCUT2D eigenvalue weighted by molar-refractivity contribution is 7.89. The van der Waals surface area contributed by atoms with Crippen LogP contribution in [0, 0.1) is 0 Å². The van der Waals surface area contributed by atoms with E-state index in [1.165, 1.54) is 21.0 Å². The number of ether oxygens (including phenoxy) is 2. The lowest BCUT2D eigenvalue weighted by atomic mass is 9.92. The number of halogens is 2. The fourth-order valence-corrected chi connectivity index (χ4v) is 7.16. The molecule has 0 amide bonds. The standard InChI is InChI=1S/C24H31ClN2O4S.ClH/c1-4-27(32(28,29)22-9-6-5-8-19(22)25)14-7-13-26-15-12-17-16-21(30-2)24(31-3)18-10-11-20(26)23(17)18;/h5-6,8-9,16,20H,4,7,10-15H2,1-3H3;1H. The van der Waals surface area contributed by atoms with E-state index in [0.717, 1.165) is 50.3 Å². The van der Waals surface area contributed by atoms with Crippen molar-refractivity contribution in [2.75, 3.05) is 40.4 Å². The Morgan fingerprint density at radius 1 is 1.18 bits per heavy atom. The molecule has 9 heteroatoms. The maximum Gasteiger partial charge on any atom is 0.244 e. The second-order valence-electron chi connectivity index (χ2n) is 8.28. The van der Waals surface area contributed by atoms with E-state index in [0.29, 0.717) is 19.1 Å². The second kappa shape index (κ2) is 10.8. The molecule has 1 aliphatic carbocycles. The maximum absolute atomic E-state index is 13.1. The molecule has 0 spiro atoms. The minimum atomic E-state index is -3.61. The highest BCUT2D eigenvalue weighted by atomic mass is 35.5. The largest absolute Gasteiger partial charge is 0.493 e. The highest BCUT2D eigenvalue weighted by Gasteiger charge is 2.36. The van der Waals surface area contributed by atoms with Gasteiger partial charge in [-0.3, -0.25) is 4.90 Å². The molecule has 1 atom stereocenters. The van der Waals surface area contributed by atoms with Crippen LogP contribution in [0.4, 0.5) is 0 Å². The molecule has 0 aromatic heterocycles. The minimum absolute atomic E-state index is 0. The smallest absolute Gasteiger partial charge is 0.244 e. The predicted molar refractivity (Wildman–Crippen MR) is 134 cm³/mol. The van der Waals surface area contributed by atoms with Crippen molar-refractivity contribution in [3.63, 3.8) is 0 Å². The van der Waals surface area contributed by atoms with Gasteiger partial charge >= 0.3 is 0 Å². The second-order valence-corrected chi connectivity index (χ2v) is 10.6. The molecule has 0 saturated carbocycles. The van der Waals surface area contributed by atoms with Crippen molar-refractivity contribution in [1.82, 2.24) is 9.21 Å². The van der Waals surface area contributed by atoms with Crippen LogP contribution in [0.1, 0.15) is 42.5 Å². The molecule has 0 radical (unpaired) electrons. The van der Waals surface area contributed by atoms with Crippen LogP contribution in [0.2, 0.25) is 5.02 Å². The lowest BCUT2D eigenvalue weighted by Crippen LogP contribution is -2.38. The van der Waals surface area contributed by atoms with Crippen LogP contribution < -0.4 is 9.47 Å². The summed E-state index contributed by atoms with van der Waals surface area (Å²) < 4.78 is 38.9. The van der Waals surface area contributed by atoms with Crippen LogP contribution in [-0.4, -0.2) is 58.0 Å². The van der Waals surface area contributed by atoms with Gasteiger partial charge in [0.15, 0.2) is 11.5 Å². The van der Waals surface area contributed by atoms with Crippen molar-refractivity contribution in [3.8, 4) is 11.5 Å². The molecule has 0 fully saturated rings. The topological polar surface area (TPSA) is 59.1 Å². The number of rotatable bonds is 9. The van der Waals surface area contributed by atoms with Gasteiger partial charge in [-0.05, 0) is 55.0 Å². The summed E-state index contributed by atoms with van der Waals surface area (Å²) in [6.45, 7) is 4.58. The van der Waals surface area contributed by atoms with E-state index < -0.39 is 10.0 Å². The third-order valence-electron chi connectivity index (χ3n) is 6.67. The molecule has 0 saturated heterocycles. The van der Waals surface area contributed by atoms with E-state index in [-0.39, 0.29) is 22.3 Å². The van der Waals surface area contributed by atoms with Gasteiger partial charge in [0.25, 0.3) is 0 Å². The van der Waals surface area contributed by atoms with Gasteiger partial charge in [-0.2, -0.15) is 4.31 Å². The van der Waals surface area contributed by atoms with Gasteiger partial charge in [0, 0.05) is 37.8 Å². The molecule has 6 nitrogen and oxygen atoms in total. The summed E-state index contributed by atoms with van der Waals surface area (Å²) in [5.41, 5.74) is 4.02. The summed E-state index contributed by atoms with van der Waals surface area (Å²) in [6.07, 6.45) is 3.77. The van der Waals surface area contributed by atoms with E-state index in [1.54, 1.807) is 38.5 Å². The zero-order chi connectivity index (χ0) is 22.9. The molecular formula is C24H32Cl2N2O4S. The van der Waals surface area contributed by atoms with Crippen molar-refractivity contribution in [2.24, 2.45) is 0 Å². The van der Waals surface area contributed by atoms with Crippen molar-refractivity contribution >= 4 is 34.0 Å². The van der Waals surface area contributed by atoms with E-state index in [9.17, 15) is 8.42 Å². The first-order chi connectivity index (χ1) is 15.4. The van der Waals surface area contributed by atoms with Crippen LogP contribution in [0.25, 0.3) is 0 Å². The summed E-state index contributed by atoms with van der Waals surface area (Å²) >= 11 is 6.17. The van der Waals surface area contributed by atoms with E-state index in [1.807, 2.05) is 6.92 Å². The molecule has 2 aliphatic rings. The van der Waals surface area contributed by atoms with Crippen LogP contribution in [0.5, 0.6) is 11.5 Å². The first kappa shape index (κ1) is 26.1. The monoisotopic (exact) mass is 514 g/mol. The fraction of sp³-hybridized carbons (Fsp3) is 0.500. The van der Waals surface area contributed by atoms with Crippen molar-refractivity contribution in [1.29, 1.82) is 0 Å². The van der Waals surface area contributed by atoms with Crippen LogP contribution in [0.3, 0.4) is 0 Å². The summed E-state index contributed by atoms with van der Waals surface area (Å²) in [5, 5.41) is 0.265. The lowest BCUT2D eigenvalue weighted by molar-refractivity contribution is 0.179. The molecule has 1 heterocycles. The van der Waals surface area contributed by atoms with Gasteiger partial charge < -0.3 is 9.47 Å². The Labute approximate surface area is 208 Å². The minimum Gasteiger partial charge on any atom is -0.493 e. The Bertz CT molecular complexity index is 1090. The predicted octanol–water partition coefficient (Wildman–Crippen LogP) is 4.73.